The predicted octanol–water partition coefficient (Wildman–Crippen LogP) is 3.49. The molecule has 0 bridgehead atoms. The number of benzene rings is 1. The van der Waals surface area contributed by atoms with Gasteiger partial charge in [-0.1, -0.05) is 17.7 Å². The third kappa shape index (κ3) is 1.69. The summed E-state index contributed by atoms with van der Waals surface area (Å²) in [4.78, 5) is 11.6. The maximum atomic E-state index is 11.6. The minimum absolute atomic E-state index is 0.132. The lowest BCUT2D eigenvalue weighted by molar-refractivity contribution is -0.118. The Morgan fingerprint density at radius 2 is 2.21 bits per heavy atom. The Morgan fingerprint density at radius 3 is 2.79 bits per heavy atom. The molecule has 0 radical (unpaired) electrons. The molecule has 1 nitrogen and oxygen atoms in total. The molecule has 1 aliphatic rings. The summed E-state index contributed by atoms with van der Waals surface area (Å²) < 4.78 is 0. The molecule has 1 atom stereocenters. The molecule has 14 heavy (non-hydrogen) atoms. The smallest absolute Gasteiger partial charge is 0.140 e. The molecule has 0 amide bonds. The maximum Gasteiger partial charge on any atom is 0.140 e. The van der Waals surface area contributed by atoms with E-state index in [1.165, 1.54) is 0 Å². The van der Waals surface area contributed by atoms with Crippen LogP contribution in [0.25, 0.3) is 0 Å². The average molecular weight is 209 g/mol. The van der Waals surface area contributed by atoms with Gasteiger partial charge in [0.2, 0.25) is 0 Å². The van der Waals surface area contributed by atoms with Crippen molar-refractivity contribution in [3.63, 3.8) is 0 Å². The Bertz CT molecular complexity index is 371. The first-order chi connectivity index (χ1) is 6.68. The van der Waals surface area contributed by atoms with Crippen LogP contribution >= 0.6 is 11.6 Å². The van der Waals surface area contributed by atoms with E-state index in [0.29, 0.717) is 5.78 Å². The van der Waals surface area contributed by atoms with Crippen LogP contribution in [0, 0.1) is 6.92 Å². The number of carbonyl (C=O) groups is 1. The molecule has 1 fully saturated rings. The van der Waals surface area contributed by atoms with Crippen LogP contribution in [0.5, 0.6) is 0 Å². The van der Waals surface area contributed by atoms with Crippen molar-refractivity contribution in [3.8, 4) is 0 Å². The standard InChI is InChI=1S/C12H13ClO/c1-8-7-9(13)5-6-10(8)11-3-2-4-12(11)14/h5-7,11H,2-4H2,1H3. The lowest BCUT2D eigenvalue weighted by Gasteiger charge is -2.11. The van der Waals surface area contributed by atoms with E-state index in [1.54, 1.807) is 0 Å². The summed E-state index contributed by atoms with van der Waals surface area (Å²) in [5.74, 6) is 0.516. The normalized spacial score (nSPS) is 21.6. The van der Waals surface area contributed by atoms with Crippen molar-refractivity contribution >= 4 is 17.4 Å². The van der Waals surface area contributed by atoms with Gasteiger partial charge in [0.25, 0.3) is 0 Å². The molecule has 1 saturated carbocycles. The van der Waals surface area contributed by atoms with Gasteiger partial charge in [-0.15, -0.1) is 0 Å². The number of carbonyl (C=O) groups excluding carboxylic acids is 1. The van der Waals surface area contributed by atoms with Gasteiger partial charge in [0.1, 0.15) is 5.78 Å². The van der Waals surface area contributed by atoms with Gasteiger partial charge in [-0.3, -0.25) is 4.79 Å². The van der Waals surface area contributed by atoms with Crippen molar-refractivity contribution in [3.05, 3.63) is 34.3 Å². The highest BCUT2D eigenvalue weighted by molar-refractivity contribution is 6.30. The molecule has 0 saturated heterocycles. The molecule has 1 unspecified atom stereocenters. The second-order valence-corrected chi connectivity index (χ2v) is 4.35. The topological polar surface area (TPSA) is 17.1 Å². The molecule has 1 aliphatic carbocycles. The maximum absolute atomic E-state index is 11.6. The first-order valence-corrected chi connectivity index (χ1v) is 5.35. The van der Waals surface area contributed by atoms with Crippen molar-refractivity contribution < 1.29 is 4.79 Å². The fourth-order valence-electron chi connectivity index (χ4n) is 2.17. The van der Waals surface area contributed by atoms with Crippen molar-refractivity contribution in [2.75, 3.05) is 0 Å². The third-order valence-electron chi connectivity index (χ3n) is 2.91. The lowest BCUT2D eigenvalue weighted by atomic mass is 9.93. The zero-order valence-electron chi connectivity index (χ0n) is 8.22. The number of Topliss-reactive ketones (excluding diaryl/α,β-unsaturated/α-hetero) is 1. The number of hydrogen-bond acceptors (Lipinski definition) is 1. The lowest BCUT2D eigenvalue weighted by Crippen LogP contribution is -2.05. The number of aryl methyl sites for hydroxylation is 1. The Balaban J connectivity index is 2.36. The van der Waals surface area contributed by atoms with Gasteiger partial charge in [-0.2, -0.15) is 0 Å². The molecule has 1 aromatic carbocycles. The van der Waals surface area contributed by atoms with Crippen molar-refractivity contribution in [2.24, 2.45) is 0 Å². The summed E-state index contributed by atoms with van der Waals surface area (Å²) in [5.41, 5.74) is 2.30. The van der Waals surface area contributed by atoms with Crippen LogP contribution in [0.1, 0.15) is 36.3 Å². The highest BCUT2D eigenvalue weighted by Crippen LogP contribution is 2.33. The van der Waals surface area contributed by atoms with Crippen LogP contribution in [0.2, 0.25) is 5.02 Å². The van der Waals surface area contributed by atoms with Gasteiger partial charge < -0.3 is 0 Å². The van der Waals surface area contributed by atoms with Gasteiger partial charge in [0.05, 0.1) is 0 Å². The molecule has 2 heteroatoms. The molecule has 1 aromatic rings. The summed E-state index contributed by atoms with van der Waals surface area (Å²) in [6, 6.07) is 5.80. The minimum atomic E-state index is 0.132. The second kappa shape index (κ2) is 3.74. The summed E-state index contributed by atoms with van der Waals surface area (Å²) in [6.07, 6.45) is 2.78. The highest BCUT2D eigenvalue weighted by Gasteiger charge is 2.26. The van der Waals surface area contributed by atoms with Crippen molar-refractivity contribution in [2.45, 2.75) is 32.1 Å². The Hall–Kier alpha value is -0.820. The van der Waals surface area contributed by atoms with Gasteiger partial charge in [0.15, 0.2) is 0 Å². The zero-order valence-corrected chi connectivity index (χ0v) is 8.97. The van der Waals surface area contributed by atoms with E-state index in [4.69, 9.17) is 11.6 Å². The molecular formula is C12H13ClO. The van der Waals surface area contributed by atoms with Gasteiger partial charge in [-0.05, 0) is 43.0 Å². The molecule has 74 valence electrons. The van der Waals surface area contributed by atoms with Crippen LogP contribution < -0.4 is 0 Å². The van der Waals surface area contributed by atoms with E-state index < -0.39 is 0 Å². The van der Waals surface area contributed by atoms with Gasteiger partial charge in [0, 0.05) is 17.4 Å². The monoisotopic (exact) mass is 208 g/mol. The molecule has 0 heterocycles. The minimum Gasteiger partial charge on any atom is -0.299 e. The van der Waals surface area contributed by atoms with Gasteiger partial charge in [-0.25, -0.2) is 0 Å². The summed E-state index contributed by atoms with van der Waals surface area (Å²) in [6.45, 7) is 2.02. The Kier molecular flexibility index (Phi) is 2.60. The number of halogens is 1. The average Bonchev–Trinajstić information content (AvgIpc) is 2.52. The van der Waals surface area contributed by atoms with E-state index in [0.717, 1.165) is 35.4 Å². The largest absolute Gasteiger partial charge is 0.299 e. The highest BCUT2D eigenvalue weighted by atomic mass is 35.5. The Labute approximate surface area is 89.1 Å². The first-order valence-electron chi connectivity index (χ1n) is 4.97. The first kappa shape index (κ1) is 9.72. The SMILES string of the molecule is Cc1cc(Cl)ccc1C1CCCC1=O. The van der Waals surface area contributed by atoms with Crippen LogP contribution in [0.4, 0.5) is 0 Å². The van der Waals surface area contributed by atoms with Gasteiger partial charge >= 0.3 is 0 Å². The molecule has 2 rings (SSSR count). The van der Waals surface area contributed by atoms with E-state index in [1.807, 2.05) is 25.1 Å². The quantitative estimate of drug-likeness (QED) is 0.691. The van der Waals surface area contributed by atoms with E-state index >= 15 is 0 Å². The summed E-state index contributed by atoms with van der Waals surface area (Å²) >= 11 is 5.88. The third-order valence-corrected chi connectivity index (χ3v) is 3.15. The summed E-state index contributed by atoms with van der Waals surface area (Å²) in [7, 11) is 0. The molecule has 0 N–H and O–H groups in total. The van der Waals surface area contributed by atoms with E-state index in [2.05, 4.69) is 0 Å². The number of ketones is 1. The summed E-state index contributed by atoms with van der Waals surface area (Å²) in [5, 5.41) is 0.747. The van der Waals surface area contributed by atoms with Crippen LogP contribution in [-0.2, 0) is 4.79 Å². The Morgan fingerprint density at radius 1 is 1.43 bits per heavy atom. The number of rotatable bonds is 1. The fraction of sp³-hybridized carbons (Fsp3) is 0.417. The van der Waals surface area contributed by atoms with Crippen LogP contribution in [0.15, 0.2) is 18.2 Å². The van der Waals surface area contributed by atoms with Crippen molar-refractivity contribution in [1.82, 2.24) is 0 Å². The van der Waals surface area contributed by atoms with E-state index in [-0.39, 0.29) is 5.92 Å². The van der Waals surface area contributed by atoms with Crippen molar-refractivity contribution in [1.29, 1.82) is 0 Å². The second-order valence-electron chi connectivity index (χ2n) is 3.91. The number of hydrogen-bond donors (Lipinski definition) is 0. The predicted molar refractivity (Wildman–Crippen MR) is 57.8 cm³/mol. The van der Waals surface area contributed by atoms with E-state index in [9.17, 15) is 4.79 Å². The molecule has 0 spiro atoms. The molecule has 0 aliphatic heterocycles. The fourth-order valence-corrected chi connectivity index (χ4v) is 2.40. The molecular weight excluding hydrogens is 196 g/mol. The molecule has 0 aromatic heterocycles. The van der Waals surface area contributed by atoms with Crippen LogP contribution in [0.3, 0.4) is 0 Å². The van der Waals surface area contributed by atoms with Crippen LogP contribution in [-0.4, -0.2) is 5.78 Å². The zero-order chi connectivity index (χ0) is 10.1.